The van der Waals surface area contributed by atoms with Gasteiger partial charge in [-0.2, -0.15) is 0 Å². The zero-order chi connectivity index (χ0) is 13.3. The van der Waals surface area contributed by atoms with Crippen molar-refractivity contribution in [1.29, 1.82) is 0 Å². The lowest BCUT2D eigenvalue weighted by atomic mass is 9.97. The monoisotopic (exact) mass is 260 g/mol. The molecule has 1 N–H and O–H groups in total. The predicted octanol–water partition coefficient (Wildman–Crippen LogP) is 4.22. The second-order valence-electron chi connectivity index (χ2n) is 4.56. The number of aliphatic carboxylic acids is 1. The van der Waals surface area contributed by atoms with Gasteiger partial charge in [0.05, 0.1) is 5.92 Å². The van der Waals surface area contributed by atoms with Crippen LogP contribution in [0.15, 0.2) is 29.6 Å². The van der Waals surface area contributed by atoms with Crippen molar-refractivity contribution in [3.63, 3.8) is 0 Å². The Morgan fingerprint density at radius 3 is 2.56 bits per heavy atom. The van der Waals surface area contributed by atoms with Crippen LogP contribution < -0.4 is 0 Å². The van der Waals surface area contributed by atoms with Gasteiger partial charge < -0.3 is 5.11 Å². The van der Waals surface area contributed by atoms with E-state index < -0.39 is 11.9 Å². The Morgan fingerprint density at radius 2 is 1.94 bits per heavy atom. The molecular formula is C15H16O2S. The molecule has 1 aromatic carbocycles. The van der Waals surface area contributed by atoms with Crippen LogP contribution in [0.3, 0.4) is 0 Å². The third-order valence-electron chi connectivity index (χ3n) is 3.28. The third-order valence-corrected chi connectivity index (χ3v) is 4.38. The van der Waals surface area contributed by atoms with Crippen LogP contribution in [0.2, 0.25) is 0 Å². The molecule has 0 aliphatic heterocycles. The Morgan fingerprint density at radius 1 is 1.22 bits per heavy atom. The molecule has 0 amide bonds. The van der Waals surface area contributed by atoms with Gasteiger partial charge in [-0.05, 0) is 54.5 Å². The van der Waals surface area contributed by atoms with E-state index >= 15 is 0 Å². The highest BCUT2D eigenvalue weighted by atomic mass is 32.1. The number of rotatable bonds is 3. The minimum Gasteiger partial charge on any atom is -0.481 e. The summed E-state index contributed by atoms with van der Waals surface area (Å²) < 4.78 is 0. The van der Waals surface area contributed by atoms with Crippen LogP contribution in [0.4, 0.5) is 0 Å². The molecule has 2 aromatic rings. The quantitative estimate of drug-likeness (QED) is 0.897. The predicted molar refractivity (Wildman–Crippen MR) is 75.3 cm³/mol. The summed E-state index contributed by atoms with van der Waals surface area (Å²) in [4.78, 5) is 12.0. The number of carboxylic acids is 1. The number of benzene rings is 1. The van der Waals surface area contributed by atoms with Gasteiger partial charge in [-0.3, -0.25) is 4.79 Å². The molecule has 1 atom stereocenters. The van der Waals surface area contributed by atoms with Gasteiger partial charge in [-0.15, -0.1) is 11.3 Å². The second-order valence-corrected chi connectivity index (χ2v) is 5.51. The molecule has 2 rings (SSSR count). The molecule has 18 heavy (non-hydrogen) atoms. The maximum Gasteiger partial charge on any atom is 0.311 e. The van der Waals surface area contributed by atoms with Gasteiger partial charge in [0.1, 0.15) is 0 Å². The molecule has 3 heteroatoms. The number of aryl methyl sites for hydroxylation is 2. The lowest BCUT2D eigenvalue weighted by molar-refractivity contribution is -0.138. The van der Waals surface area contributed by atoms with E-state index in [0.29, 0.717) is 0 Å². The topological polar surface area (TPSA) is 37.3 Å². The first-order valence-corrected chi connectivity index (χ1v) is 6.76. The summed E-state index contributed by atoms with van der Waals surface area (Å²) >= 11 is 1.51. The Kier molecular flexibility index (Phi) is 3.53. The molecule has 0 radical (unpaired) electrons. The first kappa shape index (κ1) is 12.8. The van der Waals surface area contributed by atoms with Gasteiger partial charge in [-0.1, -0.05) is 18.2 Å². The third kappa shape index (κ3) is 2.31. The molecule has 2 nitrogen and oxygen atoms in total. The maximum atomic E-state index is 11.1. The fourth-order valence-electron chi connectivity index (χ4n) is 1.92. The van der Waals surface area contributed by atoms with Crippen LogP contribution in [-0.2, 0) is 4.79 Å². The average molecular weight is 260 g/mol. The highest BCUT2D eigenvalue weighted by molar-refractivity contribution is 7.10. The molecule has 0 fully saturated rings. The van der Waals surface area contributed by atoms with Crippen molar-refractivity contribution < 1.29 is 9.90 Å². The van der Waals surface area contributed by atoms with Crippen molar-refractivity contribution >= 4 is 17.3 Å². The van der Waals surface area contributed by atoms with Gasteiger partial charge >= 0.3 is 5.97 Å². The maximum absolute atomic E-state index is 11.1. The summed E-state index contributed by atoms with van der Waals surface area (Å²) in [7, 11) is 0. The minimum atomic E-state index is -0.775. The summed E-state index contributed by atoms with van der Waals surface area (Å²) in [6.07, 6.45) is 0. The van der Waals surface area contributed by atoms with Crippen LogP contribution >= 0.6 is 11.3 Å². The van der Waals surface area contributed by atoms with Crippen molar-refractivity contribution in [3.8, 4) is 11.1 Å². The standard InChI is InChI=1S/C15H16O2S/c1-9-4-5-12(8-10(9)2)13-6-7-18-14(13)11(3)15(16)17/h4-8,11H,1-3H3,(H,16,17). The number of hydrogen-bond acceptors (Lipinski definition) is 2. The first-order valence-electron chi connectivity index (χ1n) is 5.88. The van der Waals surface area contributed by atoms with E-state index in [-0.39, 0.29) is 0 Å². The highest BCUT2D eigenvalue weighted by Gasteiger charge is 2.19. The summed E-state index contributed by atoms with van der Waals surface area (Å²) in [5.41, 5.74) is 4.62. The molecule has 1 heterocycles. The second kappa shape index (κ2) is 4.94. The average Bonchev–Trinajstić information content (AvgIpc) is 2.80. The Bertz CT molecular complexity index is 584. The molecule has 0 aliphatic carbocycles. The van der Waals surface area contributed by atoms with Crippen molar-refractivity contribution in [2.75, 3.05) is 0 Å². The molecule has 0 spiro atoms. The van der Waals surface area contributed by atoms with Crippen LogP contribution in [0.5, 0.6) is 0 Å². The SMILES string of the molecule is Cc1ccc(-c2ccsc2C(C)C(=O)O)cc1C. The van der Waals surface area contributed by atoms with E-state index in [4.69, 9.17) is 5.11 Å². The van der Waals surface area contributed by atoms with Gasteiger partial charge in [-0.25, -0.2) is 0 Å². The Labute approximate surface area is 111 Å². The molecule has 0 aliphatic rings. The zero-order valence-corrected chi connectivity index (χ0v) is 11.5. The number of thiophene rings is 1. The van der Waals surface area contributed by atoms with Gasteiger partial charge in [0.25, 0.3) is 0 Å². The number of carbonyl (C=O) groups is 1. The number of carboxylic acid groups (broad SMARTS) is 1. The Balaban J connectivity index is 2.48. The molecule has 0 saturated carbocycles. The van der Waals surface area contributed by atoms with Crippen LogP contribution in [0.25, 0.3) is 11.1 Å². The largest absolute Gasteiger partial charge is 0.481 e. The molecule has 0 bridgehead atoms. The summed E-state index contributed by atoms with van der Waals surface area (Å²) in [5, 5.41) is 11.1. The minimum absolute atomic E-state index is 0.457. The summed E-state index contributed by atoms with van der Waals surface area (Å²) in [6, 6.07) is 8.26. The normalized spacial score (nSPS) is 12.4. The lowest BCUT2D eigenvalue weighted by Gasteiger charge is -2.09. The van der Waals surface area contributed by atoms with Gasteiger partial charge in [0.15, 0.2) is 0 Å². The van der Waals surface area contributed by atoms with Gasteiger partial charge in [0, 0.05) is 4.88 Å². The fourth-order valence-corrected chi connectivity index (χ4v) is 2.88. The summed E-state index contributed by atoms with van der Waals surface area (Å²) in [6.45, 7) is 5.89. The van der Waals surface area contributed by atoms with Crippen molar-refractivity contribution in [3.05, 3.63) is 45.6 Å². The van der Waals surface area contributed by atoms with Crippen molar-refractivity contribution in [2.45, 2.75) is 26.7 Å². The lowest BCUT2D eigenvalue weighted by Crippen LogP contribution is -2.06. The Hall–Kier alpha value is -1.61. The van der Waals surface area contributed by atoms with Crippen LogP contribution in [0, 0.1) is 13.8 Å². The van der Waals surface area contributed by atoms with E-state index in [9.17, 15) is 4.79 Å². The van der Waals surface area contributed by atoms with E-state index in [1.165, 1.54) is 22.5 Å². The van der Waals surface area contributed by atoms with E-state index in [1.54, 1.807) is 6.92 Å². The first-order chi connectivity index (χ1) is 8.50. The van der Waals surface area contributed by atoms with Gasteiger partial charge in [0.2, 0.25) is 0 Å². The summed E-state index contributed by atoms with van der Waals surface area (Å²) in [5.74, 6) is -1.23. The number of hydrogen-bond donors (Lipinski definition) is 1. The van der Waals surface area contributed by atoms with Crippen molar-refractivity contribution in [1.82, 2.24) is 0 Å². The van der Waals surface area contributed by atoms with E-state index in [0.717, 1.165) is 16.0 Å². The fraction of sp³-hybridized carbons (Fsp3) is 0.267. The molecular weight excluding hydrogens is 244 g/mol. The van der Waals surface area contributed by atoms with E-state index in [1.807, 2.05) is 11.4 Å². The highest BCUT2D eigenvalue weighted by Crippen LogP contribution is 2.34. The smallest absolute Gasteiger partial charge is 0.311 e. The van der Waals surface area contributed by atoms with Crippen molar-refractivity contribution in [2.24, 2.45) is 0 Å². The molecule has 94 valence electrons. The van der Waals surface area contributed by atoms with Crippen LogP contribution in [-0.4, -0.2) is 11.1 Å². The zero-order valence-electron chi connectivity index (χ0n) is 10.7. The van der Waals surface area contributed by atoms with E-state index in [2.05, 4.69) is 32.0 Å². The molecule has 1 unspecified atom stereocenters. The van der Waals surface area contributed by atoms with Crippen LogP contribution in [0.1, 0.15) is 28.8 Å². The molecule has 1 aromatic heterocycles. The molecule has 0 saturated heterocycles.